The van der Waals surface area contributed by atoms with Crippen LogP contribution < -0.4 is 0 Å². The largest absolute Gasteiger partial charge is 0.260 e. The summed E-state index contributed by atoms with van der Waals surface area (Å²) in [6.07, 6.45) is 2.95. The predicted octanol–water partition coefficient (Wildman–Crippen LogP) is 3.53. The Morgan fingerprint density at radius 2 is 2.17 bits per heavy atom. The average molecular weight is 228 g/mol. The lowest BCUT2D eigenvalue weighted by Crippen LogP contribution is -1.93. The Labute approximate surface area is 82.3 Å². The summed E-state index contributed by atoms with van der Waals surface area (Å²) in [6.45, 7) is 6.46. The Bertz CT molecular complexity index is 269. The van der Waals surface area contributed by atoms with Crippen LogP contribution in [-0.2, 0) is 6.42 Å². The fourth-order valence-corrected chi connectivity index (χ4v) is 1.70. The van der Waals surface area contributed by atoms with Crippen molar-refractivity contribution < 1.29 is 0 Å². The van der Waals surface area contributed by atoms with E-state index in [9.17, 15) is 0 Å². The molecule has 12 heavy (non-hydrogen) atoms. The van der Waals surface area contributed by atoms with Crippen LogP contribution in [0.5, 0.6) is 0 Å². The molecule has 0 amide bonds. The van der Waals surface area contributed by atoms with E-state index in [1.54, 1.807) is 0 Å². The Morgan fingerprint density at radius 3 is 2.58 bits per heavy atom. The minimum absolute atomic E-state index is 0.555. The molecule has 0 aromatic carbocycles. The molecule has 1 aromatic rings. The minimum atomic E-state index is 0.555. The van der Waals surface area contributed by atoms with Gasteiger partial charge in [0, 0.05) is 10.7 Å². The first-order valence-corrected chi connectivity index (χ1v) is 5.08. The van der Waals surface area contributed by atoms with E-state index < -0.39 is 0 Å². The standard InChI is InChI=1S/C10H14BrN/c1-4-10-9(11)5-8(6-12-10)7(2)3/h5-7H,4H2,1-3H3. The average Bonchev–Trinajstić information content (AvgIpc) is 2.04. The lowest BCUT2D eigenvalue weighted by molar-refractivity contribution is 0.848. The van der Waals surface area contributed by atoms with Crippen molar-refractivity contribution in [1.29, 1.82) is 0 Å². The van der Waals surface area contributed by atoms with Gasteiger partial charge in [0.25, 0.3) is 0 Å². The molecule has 66 valence electrons. The summed E-state index contributed by atoms with van der Waals surface area (Å²) in [7, 11) is 0. The van der Waals surface area contributed by atoms with Crippen molar-refractivity contribution in [1.82, 2.24) is 4.98 Å². The third-order valence-electron chi connectivity index (χ3n) is 1.94. The zero-order valence-electron chi connectivity index (χ0n) is 7.76. The summed E-state index contributed by atoms with van der Waals surface area (Å²) >= 11 is 3.51. The van der Waals surface area contributed by atoms with E-state index in [0.717, 1.165) is 16.6 Å². The molecule has 0 saturated heterocycles. The third-order valence-corrected chi connectivity index (χ3v) is 2.63. The second-order valence-electron chi connectivity index (χ2n) is 3.21. The molecular weight excluding hydrogens is 214 g/mol. The molecule has 0 bridgehead atoms. The maximum atomic E-state index is 4.37. The highest BCUT2D eigenvalue weighted by Gasteiger charge is 2.03. The van der Waals surface area contributed by atoms with Crippen LogP contribution in [0, 0.1) is 0 Å². The topological polar surface area (TPSA) is 12.9 Å². The molecular formula is C10H14BrN. The zero-order valence-corrected chi connectivity index (χ0v) is 9.35. The van der Waals surface area contributed by atoms with Crippen molar-refractivity contribution in [3.05, 3.63) is 28.0 Å². The van der Waals surface area contributed by atoms with Gasteiger partial charge in [-0.1, -0.05) is 20.8 Å². The monoisotopic (exact) mass is 227 g/mol. The van der Waals surface area contributed by atoms with Crippen molar-refractivity contribution in [2.75, 3.05) is 0 Å². The van der Waals surface area contributed by atoms with Crippen LogP contribution in [0.4, 0.5) is 0 Å². The molecule has 0 radical (unpaired) electrons. The third kappa shape index (κ3) is 2.07. The number of hydrogen-bond acceptors (Lipinski definition) is 1. The fourth-order valence-electron chi connectivity index (χ4n) is 1.06. The summed E-state index contributed by atoms with van der Waals surface area (Å²) in [5.41, 5.74) is 2.43. The molecule has 1 heterocycles. The van der Waals surface area contributed by atoms with Gasteiger partial charge in [-0.2, -0.15) is 0 Å². The molecule has 1 aromatic heterocycles. The molecule has 0 aliphatic rings. The second-order valence-corrected chi connectivity index (χ2v) is 4.06. The molecule has 2 heteroatoms. The Balaban J connectivity index is 3.02. The van der Waals surface area contributed by atoms with Gasteiger partial charge in [-0.25, -0.2) is 0 Å². The molecule has 0 fully saturated rings. The van der Waals surface area contributed by atoms with Crippen LogP contribution in [0.2, 0.25) is 0 Å². The van der Waals surface area contributed by atoms with E-state index in [4.69, 9.17) is 0 Å². The second kappa shape index (κ2) is 4.04. The van der Waals surface area contributed by atoms with Crippen LogP contribution in [0.25, 0.3) is 0 Å². The van der Waals surface area contributed by atoms with Gasteiger partial charge < -0.3 is 0 Å². The van der Waals surface area contributed by atoms with Crippen LogP contribution in [0.15, 0.2) is 16.7 Å². The number of nitrogens with zero attached hydrogens (tertiary/aromatic N) is 1. The molecule has 0 unspecified atom stereocenters. The number of halogens is 1. The highest BCUT2D eigenvalue weighted by Crippen LogP contribution is 2.21. The van der Waals surface area contributed by atoms with Gasteiger partial charge in [-0.15, -0.1) is 0 Å². The first-order valence-electron chi connectivity index (χ1n) is 4.29. The lowest BCUT2D eigenvalue weighted by atomic mass is 10.1. The van der Waals surface area contributed by atoms with E-state index in [1.807, 2.05) is 6.20 Å². The van der Waals surface area contributed by atoms with Crippen LogP contribution in [0.3, 0.4) is 0 Å². The summed E-state index contributed by atoms with van der Waals surface area (Å²) in [5.74, 6) is 0.555. The van der Waals surface area contributed by atoms with Gasteiger partial charge in [0.1, 0.15) is 0 Å². The van der Waals surface area contributed by atoms with Gasteiger partial charge in [0.2, 0.25) is 0 Å². The molecule has 0 aliphatic carbocycles. The zero-order chi connectivity index (χ0) is 9.14. The highest BCUT2D eigenvalue weighted by molar-refractivity contribution is 9.10. The highest BCUT2D eigenvalue weighted by atomic mass is 79.9. The summed E-state index contributed by atoms with van der Waals surface area (Å²) in [5, 5.41) is 0. The summed E-state index contributed by atoms with van der Waals surface area (Å²) in [4.78, 5) is 4.37. The van der Waals surface area contributed by atoms with E-state index in [-0.39, 0.29) is 0 Å². The van der Waals surface area contributed by atoms with Crippen LogP contribution >= 0.6 is 15.9 Å². The first-order chi connectivity index (χ1) is 5.65. The minimum Gasteiger partial charge on any atom is -0.260 e. The van der Waals surface area contributed by atoms with Crippen molar-refractivity contribution in [2.24, 2.45) is 0 Å². The summed E-state index contributed by atoms with van der Waals surface area (Å²) in [6, 6.07) is 2.16. The SMILES string of the molecule is CCc1ncc(C(C)C)cc1Br. The van der Waals surface area contributed by atoms with Crippen LogP contribution in [-0.4, -0.2) is 4.98 Å². The van der Waals surface area contributed by atoms with E-state index in [2.05, 4.69) is 47.8 Å². The van der Waals surface area contributed by atoms with Gasteiger partial charge in [0.05, 0.1) is 5.69 Å². The molecule has 0 atom stereocenters. The number of aromatic nitrogens is 1. The molecule has 1 nitrogen and oxygen atoms in total. The molecule has 0 saturated carbocycles. The number of aryl methyl sites for hydroxylation is 1. The smallest absolute Gasteiger partial charge is 0.0542 e. The Kier molecular flexibility index (Phi) is 3.27. The predicted molar refractivity (Wildman–Crippen MR) is 55.4 cm³/mol. The maximum absolute atomic E-state index is 4.37. The van der Waals surface area contributed by atoms with Crippen molar-refractivity contribution in [2.45, 2.75) is 33.1 Å². The van der Waals surface area contributed by atoms with Crippen molar-refractivity contribution in [3.63, 3.8) is 0 Å². The Hall–Kier alpha value is -0.370. The lowest BCUT2D eigenvalue weighted by Gasteiger charge is -2.07. The van der Waals surface area contributed by atoms with Gasteiger partial charge >= 0.3 is 0 Å². The van der Waals surface area contributed by atoms with Gasteiger partial charge in [-0.05, 0) is 39.9 Å². The van der Waals surface area contributed by atoms with E-state index >= 15 is 0 Å². The first kappa shape index (κ1) is 9.72. The molecule has 0 spiro atoms. The van der Waals surface area contributed by atoms with E-state index in [1.165, 1.54) is 5.56 Å². The van der Waals surface area contributed by atoms with Crippen molar-refractivity contribution >= 4 is 15.9 Å². The molecule has 1 rings (SSSR count). The normalized spacial score (nSPS) is 10.8. The quantitative estimate of drug-likeness (QED) is 0.754. The van der Waals surface area contributed by atoms with Crippen LogP contribution in [0.1, 0.15) is 37.9 Å². The number of pyridine rings is 1. The number of hydrogen-bond donors (Lipinski definition) is 0. The van der Waals surface area contributed by atoms with E-state index in [0.29, 0.717) is 5.92 Å². The fraction of sp³-hybridized carbons (Fsp3) is 0.500. The molecule has 0 aliphatic heterocycles. The molecule has 0 N–H and O–H groups in total. The maximum Gasteiger partial charge on any atom is 0.0542 e. The number of rotatable bonds is 2. The van der Waals surface area contributed by atoms with Gasteiger partial charge in [0.15, 0.2) is 0 Å². The summed E-state index contributed by atoms with van der Waals surface area (Å²) < 4.78 is 1.14. The van der Waals surface area contributed by atoms with Crippen molar-refractivity contribution in [3.8, 4) is 0 Å². The Morgan fingerprint density at radius 1 is 1.50 bits per heavy atom. The van der Waals surface area contributed by atoms with Gasteiger partial charge in [-0.3, -0.25) is 4.98 Å².